The van der Waals surface area contributed by atoms with Crippen molar-refractivity contribution >= 4 is 34.8 Å². The number of thiocarbonyl (C=S) groups is 1. The van der Waals surface area contributed by atoms with Crippen LogP contribution in [0.1, 0.15) is 18.0 Å². The number of hydrogen-bond donors (Lipinski definition) is 2. The smallest absolute Gasteiger partial charge is 0.171 e. The number of fused-ring (bicyclic) bond motifs is 1. The van der Waals surface area contributed by atoms with Gasteiger partial charge in [-0.3, -0.25) is 0 Å². The summed E-state index contributed by atoms with van der Waals surface area (Å²) in [4.78, 5) is 1.05. The van der Waals surface area contributed by atoms with Crippen LogP contribution in [0.5, 0.6) is 0 Å². The summed E-state index contributed by atoms with van der Waals surface area (Å²) in [5.74, 6) is 0.303. The standard InChI is InChI=1S/C16H14F2N2S2/c17-10-5-6-15-11(9-10)13(7-8-22-15)19-16(21)20-14-4-2-1-3-12(14)18/h1-6,9,13H,7-8H2,(H2,19,20,21)/t13-/m1/s1. The Hall–Kier alpha value is -1.66. The molecule has 22 heavy (non-hydrogen) atoms. The minimum absolute atomic E-state index is 0.0706. The zero-order valence-electron chi connectivity index (χ0n) is 11.6. The van der Waals surface area contributed by atoms with Gasteiger partial charge in [0.15, 0.2) is 5.11 Å². The summed E-state index contributed by atoms with van der Waals surface area (Å²) in [7, 11) is 0. The minimum atomic E-state index is -0.364. The van der Waals surface area contributed by atoms with Crippen molar-refractivity contribution in [1.82, 2.24) is 5.32 Å². The average molecular weight is 336 g/mol. The number of rotatable bonds is 2. The molecule has 0 unspecified atom stereocenters. The van der Waals surface area contributed by atoms with Gasteiger partial charge in [0.05, 0.1) is 11.7 Å². The zero-order chi connectivity index (χ0) is 15.5. The van der Waals surface area contributed by atoms with E-state index in [0.717, 1.165) is 22.6 Å². The molecule has 2 N–H and O–H groups in total. The Morgan fingerprint density at radius 2 is 2.00 bits per heavy atom. The molecule has 114 valence electrons. The highest BCUT2D eigenvalue weighted by Crippen LogP contribution is 2.36. The van der Waals surface area contributed by atoms with E-state index in [1.807, 2.05) is 0 Å². The largest absolute Gasteiger partial charge is 0.356 e. The normalized spacial score (nSPS) is 16.7. The van der Waals surface area contributed by atoms with Crippen LogP contribution in [0.3, 0.4) is 0 Å². The molecule has 2 aromatic carbocycles. The molecule has 0 amide bonds. The predicted octanol–water partition coefficient (Wildman–Crippen LogP) is 4.49. The number of hydrogen-bond acceptors (Lipinski definition) is 2. The molecule has 1 heterocycles. The van der Waals surface area contributed by atoms with Crippen molar-refractivity contribution in [3.05, 3.63) is 59.7 Å². The van der Waals surface area contributed by atoms with E-state index in [1.165, 1.54) is 18.2 Å². The van der Waals surface area contributed by atoms with Crippen LogP contribution >= 0.6 is 24.0 Å². The quantitative estimate of drug-likeness (QED) is 0.789. The van der Waals surface area contributed by atoms with Crippen molar-refractivity contribution in [2.24, 2.45) is 0 Å². The molecule has 2 aromatic rings. The van der Waals surface area contributed by atoms with Gasteiger partial charge in [0, 0.05) is 10.6 Å². The summed E-state index contributed by atoms with van der Waals surface area (Å²) < 4.78 is 27.1. The van der Waals surface area contributed by atoms with Crippen molar-refractivity contribution in [3.63, 3.8) is 0 Å². The van der Waals surface area contributed by atoms with E-state index in [4.69, 9.17) is 12.2 Å². The van der Waals surface area contributed by atoms with Crippen LogP contribution < -0.4 is 10.6 Å². The van der Waals surface area contributed by atoms with Gasteiger partial charge in [0.25, 0.3) is 0 Å². The van der Waals surface area contributed by atoms with Gasteiger partial charge in [-0.15, -0.1) is 11.8 Å². The van der Waals surface area contributed by atoms with Gasteiger partial charge in [-0.05, 0) is 54.5 Å². The molecule has 0 fully saturated rings. The highest BCUT2D eigenvalue weighted by molar-refractivity contribution is 7.99. The second kappa shape index (κ2) is 6.62. The first-order chi connectivity index (χ1) is 10.6. The monoisotopic (exact) mass is 336 g/mol. The lowest BCUT2D eigenvalue weighted by Crippen LogP contribution is -2.34. The molecule has 1 atom stereocenters. The van der Waals surface area contributed by atoms with E-state index in [2.05, 4.69) is 10.6 Å². The van der Waals surface area contributed by atoms with E-state index >= 15 is 0 Å². The van der Waals surface area contributed by atoms with Crippen LogP contribution in [0.2, 0.25) is 0 Å². The van der Waals surface area contributed by atoms with Crippen LogP contribution in [-0.4, -0.2) is 10.9 Å². The lowest BCUT2D eigenvalue weighted by molar-refractivity contribution is 0.587. The lowest BCUT2D eigenvalue weighted by Gasteiger charge is -2.27. The molecule has 0 saturated heterocycles. The number of halogens is 2. The zero-order valence-corrected chi connectivity index (χ0v) is 13.2. The molecule has 3 rings (SSSR count). The van der Waals surface area contributed by atoms with Crippen molar-refractivity contribution in [3.8, 4) is 0 Å². The number of nitrogens with one attached hydrogen (secondary N) is 2. The molecule has 0 bridgehead atoms. The van der Waals surface area contributed by atoms with Crippen molar-refractivity contribution in [2.45, 2.75) is 17.4 Å². The third kappa shape index (κ3) is 3.39. The van der Waals surface area contributed by atoms with Gasteiger partial charge in [0.2, 0.25) is 0 Å². The predicted molar refractivity (Wildman–Crippen MR) is 90.2 cm³/mol. The maximum absolute atomic E-state index is 13.6. The van der Waals surface area contributed by atoms with Gasteiger partial charge in [-0.25, -0.2) is 8.78 Å². The fraction of sp³-hybridized carbons (Fsp3) is 0.188. The minimum Gasteiger partial charge on any atom is -0.356 e. The molecule has 1 aliphatic heterocycles. The summed E-state index contributed by atoms with van der Waals surface area (Å²) in [5.41, 5.74) is 1.22. The van der Waals surface area contributed by atoms with Crippen molar-refractivity contribution in [1.29, 1.82) is 0 Å². The molecule has 2 nitrogen and oxygen atoms in total. The molecule has 0 saturated carbocycles. The van der Waals surface area contributed by atoms with Gasteiger partial charge in [-0.2, -0.15) is 0 Å². The molecule has 0 aliphatic carbocycles. The second-order valence-electron chi connectivity index (χ2n) is 4.95. The van der Waals surface area contributed by atoms with Crippen LogP contribution in [0.4, 0.5) is 14.5 Å². The third-order valence-corrected chi connectivity index (χ3v) is 4.78. The van der Waals surface area contributed by atoms with Crippen molar-refractivity contribution in [2.75, 3.05) is 11.1 Å². The van der Waals surface area contributed by atoms with E-state index in [1.54, 1.807) is 36.0 Å². The molecule has 0 spiro atoms. The maximum atomic E-state index is 13.6. The Morgan fingerprint density at radius 1 is 1.18 bits per heavy atom. The average Bonchev–Trinajstić information content (AvgIpc) is 2.50. The molecule has 1 aliphatic rings. The first-order valence-electron chi connectivity index (χ1n) is 6.88. The summed E-state index contributed by atoms with van der Waals surface area (Å²) in [6.07, 6.45) is 0.834. The summed E-state index contributed by atoms with van der Waals surface area (Å²) in [5, 5.41) is 6.33. The van der Waals surface area contributed by atoms with Crippen LogP contribution in [0, 0.1) is 11.6 Å². The third-order valence-electron chi connectivity index (χ3n) is 3.44. The van der Waals surface area contributed by atoms with Crippen molar-refractivity contribution < 1.29 is 8.78 Å². The fourth-order valence-electron chi connectivity index (χ4n) is 2.39. The SMILES string of the molecule is Fc1ccc2c(c1)[C@H](NC(=S)Nc1ccccc1F)CCS2. The lowest BCUT2D eigenvalue weighted by atomic mass is 10.0. The first-order valence-corrected chi connectivity index (χ1v) is 8.27. The molecule has 6 heteroatoms. The number of benzene rings is 2. The Kier molecular flexibility index (Phi) is 4.59. The summed E-state index contributed by atoms with van der Waals surface area (Å²) >= 11 is 6.95. The van der Waals surface area contributed by atoms with E-state index in [0.29, 0.717) is 10.8 Å². The second-order valence-corrected chi connectivity index (χ2v) is 6.50. The van der Waals surface area contributed by atoms with Crippen LogP contribution in [-0.2, 0) is 0 Å². The van der Waals surface area contributed by atoms with Gasteiger partial charge < -0.3 is 10.6 Å². The summed E-state index contributed by atoms with van der Waals surface area (Å²) in [6, 6.07) is 11.1. The Labute approximate surface area is 137 Å². The maximum Gasteiger partial charge on any atom is 0.171 e. The van der Waals surface area contributed by atoms with Crippen LogP contribution in [0.15, 0.2) is 47.4 Å². The highest BCUT2D eigenvalue weighted by Gasteiger charge is 2.22. The van der Waals surface area contributed by atoms with E-state index in [-0.39, 0.29) is 17.7 Å². The Bertz CT molecular complexity index is 706. The topological polar surface area (TPSA) is 24.1 Å². The van der Waals surface area contributed by atoms with Gasteiger partial charge in [-0.1, -0.05) is 12.1 Å². The summed E-state index contributed by atoms with van der Waals surface area (Å²) in [6.45, 7) is 0. The van der Waals surface area contributed by atoms with Gasteiger partial charge in [0.1, 0.15) is 11.6 Å². The molecular formula is C16H14F2N2S2. The number of thioether (sulfide) groups is 1. The molecular weight excluding hydrogens is 322 g/mol. The number of para-hydroxylation sites is 1. The fourth-order valence-corrected chi connectivity index (χ4v) is 3.75. The highest BCUT2D eigenvalue weighted by atomic mass is 32.2. The first kappa shape index (κ1) is 15.2. The molecule has 0 radical (unpaired) electrons. The van der Waals surface area contributed by atoms with E-state index in [9.17, 15) is 8.78 Å². The van der Waals surface area contributed by atoms with E-state index < -0.39 is 0 Å². The number of anilines is 1. The van der Waals surface area contributed by atoms with Crippen LogP contribution in [0.25, 0.3) is 0 Å². The molecule has 0 aromatic heterocycles. The Balaban J connectivity index is 1.73. The Morgan fingerprint density at radius 3 is 2.82 bits per heavy atom. The van der Waals surface area contributed by atoms with Gasteiger partial charge >= 0.3 is 0 Å².